The van der Waals surface area contributed by atoms with Crippen molar-refractivity contribution >= 4 is 16.8 Å². The zero-order valence-corrected chi connectivity index (χ0v) is 12.3. The Morgan fingerprint density at radius 1 is 1.24 bits per heavy atom. The molecule has 0 aliphatic carbocycles. The van der Waals surface area contributed by atoms with Crippen molar-refractivity contribution in [2.24, 2.45) is 11.7 Å². The van der Waals surface area contributed by atoms with Crippen LogP contribution < -0.4 is 5.73 Å². The number of aromatic nitrogens is 1. The topological polar surface area (TPSA) is 59.2 Å². The minimum Gasteiger partial charge on any atom is -0.337 e. The van der Waals surface area contributed by atoms with E-state index in [1.165, 1.54) is 0 Å². The van der Waals surface area contributed by atoms with E-state index >= 15 is 0 Å². The lowest BCUT2D eigenvalue weighted by molar-refractivity contribution is 0.0675. The molecule has 4 heteroatoms. The number of para-hydroxylation sites is 1. The monoisotopic (exact) mass is 283 g/mol. The van der Waals surface area contributed by atoms with E-state index in [0.29, 0.717) is 11.6 Å². The highest BCUT2D eigenvalue weighted by molar-refractivity contribution is 5.94. The van der Waals surface area contributed by atoms with Crippen LogP contribution in [0.15, 0.2) is 36.4 Å². The lowest BCUT2D eigenvalue weighted by atomic mass is 9.91. The summed E-state index contributed by atoms with van der Waals surface area (Å²) in [7, 11) is 0. The predicted molar refractivity (Wildman–Crippen MR) is 84.0 cm³/mol. The van der Waals surface area contributed by atoms with Gasteiger partial charge in [0.25, 0.3) is 5.91 Å². The number of piperidine rings is 1. The first kappa shape index (κ1) is 14.0. The lowest BCUT2D eigenvalue weighted by Crippen LogP contribution is -2.42. The summed E-state index contributed by atoms with van der Waals surface area (Å²) < 4.78 is 0. The molecule has 1 fully saturated rings. The molecule has 1 aromatic carbocycles. The third kappa shape index (κ3) is 2.90. The van der Waals surface area contributed by atoms with E-state index in [2.05, 4.69) is 4.98 Å². The second-order valence-electron chi connectivity index (χ2n) is 5.88. The maximum absolute atomic E-state index is 12.6. The highest BCUT2D eigenvalue weighted by atomic mass is 16.2. The molecule has 1 amide bonds. The number of hydrogen-bond acceptors (Lipinski definition) is 3. The van der Waals surface area contributed by atoms with Gasteiger partial charge in [0.2, 0.25) is 0 Å². The van der Waals surface area contributed by atoms with Crippen LogP contribution in [0.5, 0.6) is 0 Å². The maximum atomic E-state index is 12.6. The van der Waals surface area contributed by atoms with E-state index in [9.17, 15) is 4.79 Å². The van der Waals surface area contributed by atoms with E-state index in [-0.39, 0.29) is 11.9 Å². The number of carbonyl (C=O) groups excluding carboxylic acids is 1. The van der Waals surface area contributed by atoms with Crippen LogP contribution in [0.25, 0.3) is 10.9 Å². The first-order valence-corrected chi connectivity index (χ1v) is 7.56. The zero-order valence-electron chi connectivity index (χ0n) is 12.3. The van der Waals surface area contributed by atoms with Crippen LogP contribution in [0.3, 0.4) is 0 Å². The highest BCUT2D eigenvalue weighted by Gasteiger charge is 2.26. The van der Waals surface area contributed by atoms with Gasteiger partial charge in [0.1, 0.15) is 5.69 Å². The minimum absolute atomic E-state index is 0.0314. The van der Waals surface area contributed by atoms with Gasteiger partial charge in [0.15, 0.2) is 0 Å². The summed E-state index contributed by atoms with van der Waals surface area (Å²) in [6.07, 6.45) is 1.97. The summed E-state index contributed by atoms with van der Waals surface area (Å²) in [6, 6.07) is 11.9. The molecule has 1 aliphatic rings. The van der Waals surface area contributed by atoms with Crippen molar-refractivity contribution in [1.29, 1.82) is 0 Å². The highest BCUT2D eigenvalue weighted by Crippen LogP contribution is 2.21. The predicted octanol–water partition coefficient (Wildman–Crippen LogP) is 2.43. The molecule has 2 N–H and O–H groups in total. The Kier molecular flexibility index (Phi) is 3.88. The van der Waals surface area contributed by atoms with Crippen LogP contribution in [0.4, 0.5) is 0 Å². The van der Waals surface area contributed by atoms with Crippen LogP contribution in [0.1, 0.15) is 30.3 Å². The second-order valence-corrected chi connectivity index (χ2v) is 5.88. The number of carbonyl (C=O) groups is 1. The first-order chi connectivity index (χ1) is 10.1. The van der Waals surface area contributed by atoms with E-state index in [0.717, 1.165) is 36.8 Å². The van der Waals surface area contributed by atoms with Crippen molar-refractivity contribution in [2.75, 3.05) is 13.1 Å². The number of pyridine rings is 1. The third-order valence-electron chi connectivity index (χ3n) is 4.39. The molecule has 0 spiro atoms. The van der Waals surface area contributed by atoms with Crippen molar-refractivity contribution in [2.45, 2.75) is 25.8 Å². The number of amides is 1. The Morgan fingerprint density at radius 2 is 1.95 bits per heavy atom. The van der Waals surface area contributed by atoms with Crippen molar-refractivity contribution in [3.63, 3.8) is 0 Å². The molecule has 0 saturated carbocycles. The molecule has 0 radical (unpaired) electrons. The number of nitrogens with zero attached hydrogens (tertiary/aromatic N) is 2. The largest absolute Gasteiger partial charge is 0.337 e. The number of nitrogens with two attached hydrogens (primary N) is 1. The molecule has 110 valence electrons. The molecular weight excluding hydrogens is 262 g/mol. The molecule has 1 aromatic heterocycles. The standard InChI is InChI=1S/C17H21N3O/c1-12(18)13-8-10-20(11-9-13)17(21)16-7-6-14-4-2-3-5-15(14)19-16/h2-7,12-13H,8-11,18H2,1H3. The fourth-order valence-electron chi connectivity index (χ4n) is 2.98. The number of fused-ring (bicyclic) bond motifs is 1. The molecule has 1 saturated heterocycles. The summed E-state index contributed by atoms with van der Waals surface area (Å²) in [5.74, 6) is 0.558. The van der Waals surface area contributed by atoms with Gasteiger partial charge in [-0.1, -0.05) is 24.3 Å². The summed E-state index contributed by atoms with van der Waals surface area (Å²) in [5.41, 5.74) is 7.35. The van der Waals surface area contributed by atoms with Crippen LogP contribution in [0, 0.1) is 5.92 Å². The molecular formula is C17H21N3O. The Labute approximate surface area is 125 Å². The van der Waals surface area contributed by atoms with Gasteiger partial charge in [-0.3, -0.25) is 4.79 Å². The lowest BCUT2D eigenvalue weighted by Gasteiger charge is -2.33. The Bertz CT molecular complexity index is 645. The summed E-state index contributed by atoms with van der Waals surface area (Å²) >= 11 is 0. The van der Waals surface area contributed by atoms with Crippen LogP contribution in [-0.4, -0.2) is 34.9 Å². The van der Waals surface area contributed by atoms with Gasteiger partial charge in [-0.2, -0.15) is 0 Å². The third-order valence-corrected chi connectivity index (χ3v) is 4.39. The van der Waals surface area contributed by atoms with E-state index < -0.39 is 0 Å². The van der Waals surface area contributed by atoms with Gasteiger partial charge in [0.05, 0.1) is 5.52 Å². The van der Waals surface area contributed by atoms with Crippen LogP contribution in [-0.2, 0) is 0 Å². The molecule has 1 aliphatic heterocycles. The van der Waals surface area contributed by atoms with E-state index in [1.807, 2.05) is 48.2 Å². The summed E-state index contributed by atoms with van der Waals surface area (Å²) in [5, 5.41) is 1.06. The smallest absolute Gasteiger partial charge is 0.272 e. The zero-order chi connectivity index (χ0) is 14.8. The second kappa shape index (κ2) is 5.82. The van der Waals surface area contributed by atoms with E-state index in [1.54, 1.807) is 0 Å². The number of benzene rings is 1. The van der Waals surface area contributed by atoms with Crippen molar-refractivity contribution in [1.82, 2.24) is 9.88 Å². The quantitative estimate of drug-likeness (QED) is 0.921. The summed E-state index contributed by atoms with van der Waals surface area (Å²) in [4.78, 5) is 18.9. The van der Waals surface area contributed by atoms with Gasteiger partial charge in [-0.15, -0.1) is 0 Å². The van der Waals surface area contributed by atoms with Gasteiger partial charge in [-0.25, -0.2) is 4.98 Å². The molecule has 0 bridgehead atoms. The number of likely N-dealkylation sites (tertiary alicyclic amines) is 1. The van der Waals surface area contributed by atoms with Gasteiger partial charge < -0.3 is 10.6 Å². The molecule has 4 nitrogen and oxygen atoms in total. The normalized spacial score (nSPS) is 17.9. The number of rotatable bonds is 2. The van der Waals surface area contributed by atoms with E-state index in [4.69, 9.17) is 5.73 Å². The van der Waals surface area contributed by atoms with Crippen molar-refractivity contribution in [3.05, 3.63) is 42.1 Å². The average molecular weight is 283 g/mol. The van der Waals surface area contributed by atoms with Crippen LogP contribution >= 0.6 is 0 Å². The Hall–Kier alpha value is -1.94. The fourth-order valence-corrected chi connectivity index (χ4v) is 2.98. The van der Waals surface area contributed by atoms with Crippen molar-refractivity contribution in [3.8, 4) is 0 Å². The average Bonchev–Trinajstić information content (AvgIpc) is 2.54. The van der Waals surface area contributed by atoms with Gasteiger partial charge in [0, 0.05) is 24.5 Å². The van der Waals surface area contributed by atoms with Crippen molar-refractivity contribution < 1.29 is 4.79 Å². The first-order valence-electron chi connectivity index (χ1n) is 7.56. The number of hydrogen-bond donors (Lipinski definition) is 1. The Morgan fingerprint density at radius 3 is 2.67 bits per heavy atom. The summed E-state index contributed by atoms with van der Waals surface area (Å²) in [6.45, 7) is 3.60. The fraction of sp³-hybridized carbons (Fsp3) is 0.412. The van der Waals surface area contributed by atoms with Crippen LogP contribution in [0.2, 0.25) is 0 Å². The van der Waals surface area contributed by atoms with Gasteiger partial charge in [-0.05, 0) is 37.8 Å². The molecule has 2 aromatic rings. The molecule has 2 heterocycles. The molecule has 1 atom stereocenters. The molecule has 3 rings (SSSR count). The Balaban J connectivity index is 1.75. The minimum atomic E-state index is 0.0314. The van der Waals surface area contributed by atoms with Gasteiger partial charge >= 0.3 is 0 Å². The maximum Gasteiger partial charge on any atom is 0.272 e. The SMILES string of the molecule is CC(N)C1CCN(C(=O)c2ccc3ccccc3n2)CC1. The molecule has 21 heavy (non-hydrogen) atoms. The molecule has 1 unspecified atom stereocenters.